The van der Waals surface area contributed by atoms with Crippen molar-refractivity contribution in [3.63, 3.8) is 0 Å². The fraction of sp³-hybridized carbons (Fsp3) is 1.00. The van der Waals surface area contributed by atoms with E-state index in [1.54, 1.807) is 0 Å². The Bertz CT molecular complexity index is 434. The van der Waals surface area contributed by atoms with E-state index in [1.165, 1.54) is 0 Å². The van der Waals surface area contributed by atoms with Crippen LogP contribution in [-0.4, -0.2) is 115 Å². The predicted molar refractivity (Wildman–Crippen MR) is 73.3 cm³/mol. The monoisotopic (exact) mass is 356 g/mol. The van der Waals surface area contributed by atoms with Crippen molar-refractivity contribution in [2.45, 2.75) is 61.2 Å². The van der Waals surface area contributed by atoms with Gasteiger partial charge in [0.1, 0.15) is 49.3 Å². The van der Waals surface area contributed by atoms with Crippen LogP contribution in [0.2, 0.25) is 0 Å². The Morgan fingerprint density at radius 3 is 1.79 bits per heavy atom. The van der Waals surface area contributed by atoms with Gasteiger partial charge in [0, 0.05) is 0 Å². The Labute approximate surface area is 137 Å². The maximum Gasteiger partial charge on any atom is 0.224 e. The van der Waals surface area contributed by atoms with Gasteiger partial charge >= 0.3 is 0 Å². The first-order valence-corrected chi connectivity index (χ1v) is 7.44. The second-order valence-electron chi connectivity index (χ2n) is 6.13. The van der Waals surface area contributed by atoms with Crippen molar-refractivity contribution in [1.82, 2.24) is 0 Å². The Balaban J connectivity index is 2.29. The molecule has 0 radical (unpaired) electrons. The number of aliphatic hydroxyl groups is 8. The molecule has 2 saturated heterocycles. The van der Waals surface area contributed by atoms with Crippen molar-refractivity contribution < 1.29 is 55.1 Å². The Hall–Kier alpha value is -0.440. The molecular formula is C13H24O11. The number of hydrogen-bond acceptors (Lipinski definition) is 11. The molecule has 0 aliphatic carbocycles. The average Bonchev–Trinajstić information content (AvgIpc) is 2.81. The molecule has 8 N–H and O–H groups in total. The van der Waals surface area contributed by atoms with Crippen molar-refractivity contribution in [2.24, 2.45) is 0 Å². The highest BCUT2D eigenvalue weighted by atomic mass is 16.8. The van der Waals surface area contributed by atoms with Gasteiger partial charge in [0.15, 0.2) is 5.79 Å². The zero-order valence-corrected chi connectivity index (χ0v) is 13.0. The summed E-state index contributed by atoms with van der Waals surface area (Å²) in [4.78, 5) is 0. The molecule has 0 amide bonds. The highest BCUT2D eigenvalue weighted by Gasteiger charge is 2.61. The van der Waals surface area contributed by atoms with Gasteiger partial charge in [-0.15, -0.1) is 0 Å². The van der Waals surface area contributed by atoms with Crippen LogP contribution in [0.1, 0.15) is 6.92 Å². The lowest BCUT2D eigenvalue weighted by atomic mass is 9.93. The minimum Gasteiger partial charge on any atom is -0.394 e. The standard InChI is InChI=1S/C13H24O11/c1-12(10(20)9(19)7(17)5(2-14)22-12)24-13(4-16)11(21)8(18)6(3-15)23-13/h5-11,14-21H,2-4H2,1H3/t5-,6-,7-,8-,9+,10-,11+,12+,13?/m1/s1. The first-order chi connectivity index (χ1) is 11.2. The largest absolute Gasteiger partial charge is 0.394 e. The Morgan fingerprint density at radius 2 is 1.33 bits per heavy atom. The van der Waals surface area contributed by atoms with Crippen molar-refractivity contribution in [1.29, 1.82) is 0 Å². The van der Waals surface area contributed by atoms with Crippen molar-refractivity contribution in [3.8, 4) is 0 Å². The molecule has 2 fully saturated rings. The van der Waals surface area contributed by atoms with Gasteiger partial charge in [-0.2, -0.15) is 0 Å². The third-order valence-electron chi connectivity index (χ3n) is 4.44. The average molecular weight is 356 g/mol. The predicted octanol–water partition coefficient (Wildman–Crippen LogP) is -5.01. The summed E-state index contributed by atoms with van der Waals surface area (Å²) < 4.78 is 15.9. The second kappa shape index (κ2) is 7.05. The molecule has 0 aromatic rings. The fourth-order valence-corrected chi connectivity index (χ4v) is 2.98. The van der Waals surface area contributed by atoms with Gasteiger partial charge < -0.3 is 55.1 Å². The van der Waals surface area contributed by atoms with Crippen LogP contribution < -0.4 is 0 Å². The van der Waals surface area contributed by atoms with Crippen molar-refractivity contribution in [2.75, 3.05) is 19.8 Å². The van der Waals surface area contributed by atoms with E-state index in [0.717, 1.165) is 6.92 Å². The van der Waals surface area contributed by atoms with E-state index in [9.17, 15) is 35.7 Å². The molecule has 0 bridgehead atoms. The van der Waals surface area contributed by atoms with Crippen LogP contribution in [-0.2, 0) is 14.2 Å². The minimum atomic E-state index is -2.26. The van der Waals surface area contributed by atoms with Crippen molar-refractivity contribution >= 4 is 0 Å². The summed E-state index contributed by atoms with van der Waals surface area (Å²) in [5.41, 5.74) is 0. The highest BCUT2D eigenvalue weighted by Crippen LogP contribution is 2.40. The van der Waals surface area contributed by atoms with Crippen LogP contribution in [0, 0.1) is 0 Å². The molecule has 1 unspecified atom stereocenters. The van der Waals surface area contributed by atoms with Crippen LogP contribution in [0.15, 0.2) is 0 Å². The summed E-state index contributed by atoms with van der Waals surface area (Å²) in [5, 5.41) is 77.7. The van der Waals surface area contributed by atoms with Crippen LogP contribution >= 0.6 is 0 Å². The summed E-state index contributed by atoms with van der Waals surface area (Å²) in [5.74, 6) is -4.37. The number of rotatable bonds is 5. The van der Waals surface area contributed by atoms with Gasteiger partial charge in [0.25, 0.3) is 0 Å². The zero-order chi connectivity index (χ0) is 18.3. The molecule has 11 heteroatoms. The van der Waals surface area contributed by atoms with Gasteiger partial charge in [0.05, 0.1) is 13.2 Å². The summed E-state index contributed by atoms with van der Waals surface area (Å²) in [6.45, 7) is -1.22. The van der Waals surface area contributed by atoms with Crippen LogP contribution in [0.3, 0.4) is 0 Å². The lowest BCUT2D eigenvalue weighted by Gasteiger charge is -2.49. The minimum absolute atomic E-state index is 0.677. The molecule has 0 saturated carbocycles. The van der Waals surface area contributed by atoms with Gasteiger partial charge in [-0.1, -0.05) is 0 Å². The molecule has 0 aromatic carbocycles. The van der Waals surface area contributed by atoms with E-state index >= 15 is 0 Å². The summed E-state index contributed by atoms with van der Waals surface area (Å²) >= 11 is 0. The Kier molecular flexibility index (Phi) is 5.84. The SMILES string of the molecule is C[C@@]1(OC2(CO)O[C@H](CO)[C@@H](O)[C@@H]2O)O[C@H](CO)[C@@H](O)[C@H](O)[C@H]1O. The number of ether oxygens (including phenoxy) is 3. The van der Waals surface area contributed by atoms with Gasteiger partial charge in [-0.05, 0) is 6.92 Å². The fourth-order valence-electron chi connectivity index (χ4n) is 2.98. The first-order valence-electron chi connectivity index (χ1n) is 7.44. The highest BCUT2D eigenvalue weighted by molar-refractivity contribution is 5.01. The molecule has 142 valence electrons. The van der Waals surface area contributed by atoms with E-state index in [1.807, 2.05) is 0 Å². The molecule has 2 heterocycles. The lowest BCUT2D eigenvalue weighted by Crippen LogP contribution is -2.68. The summed E-state index contributed by atoms with van der Waals surface area (Å²) in [6.07, 6.45) is -11.2. The van der Waals surface area contributed by atoms with Gasteiger partial charge in [0.2, 0.25) is 5.79 Å². The molecule has 2 aliphatic rings. The second-order valence-corrected chi connectivity index (χ2v) is 6.13. The van der Waals surface area contributed by atoms with Gasteiger partial charge in [-0.3, -0.25) is 0 Å². The normalized spacial score (nSPS) is 52.6. The quantitative estimate of drug-likeness (QED) is 0.235. The molecule has 0 aromatic heterocycles. The van der Waals surface area contributed by atoms with E-state index < -0.39 is 74.1 Å². The van der Waals surface area contributed by atoms with Crippen LogP contribution in [0.5, 0.6) is 0 Å². The lowest BCUT2D eigenvalue weighted by molar-refractivity contribution is -0.427. The summed E-state index contributed by atoms with van der Waals surface area (Å²) in [7, 11) is 0. The maximum absolute atomic E-state index is 10.2. The molecule has 24 heavy (non-hydrogen) atoms. The van der Waals surface area contributed by atoms with Crippen molar-refractivity contribution in [3.05, 3.63) is 0 Å². The van der Waals surface area contributed by atoms with Crippen LogP contribution in [0.25, 0.3) is 0 Å². The van der Waals surface area contributed by atoms with E-state index in [0.29, 0.717) is 0 Å². The van der Waals surface area contributed by atoms with Crippen LogP contribution in [0.4, 0.5) is 0 Å². The molecule has 2 aliphatic heterocycles. The molecular weight excluding hydrogens is 332 g/mol. The Morgan fingerprint density at radius 1 is 0.792 bits per heavy atom. The zero-order valence-electron chi connectivity index (χ0n) is 13.0. The topological polar surface area (TPSA) is 190 Å². The molecule has 11 nitrogen and oxygen atoms in total. The molecule has 2 rings (SSSR count). The van der Waals surface area contributed by atoms with Gasteiger partial charge in [-0.25, -0.2) is 0 Å². The van der Waals surface area contributed by atoms with E-state index in [4.69, 9.17) is 19.3 Å². The van der Waals surface area contributed by atoms with E-state index in [-0.39, 0.29) is 0 Å². The first kappa shape index (κ1) is 19.9. The molecule has 0 spiro atoms. The smallest absolute Gasteiger partial charge is 0.224 e. The number of aliphatic hydroxyl groups excluding tert-OH is 8. The number of hydrogen-bond donors (Lipinski definition) is 8. The third-order valence-corrected chi connectivity index (χ3v) is 4.44. The maximum atomic E-state index is 10.2. The van der Waals surface area contributed by atoms with E-state index in [2.05, 4.69) is 0 Å². The summed E-state index contributed by atoms with van der Waals surface area (Å²) in [6, 6.07) is 0. The third kappa shape index (κ3) is 3.06. The molecule has 9 atom stereocenters.